The normalized spacial score (nSPS) is 25.4. The van der Waals surface area contributed by atoms with Gasteiger partial charge in [-0.3, -0.25) is 4.79 Å². The van der Waals surface area contributed by atoms with Gasteiger partial charge in [0.05, 0.1) is 18.1 Å². The molecule has 3 atom stereocenters. The van der Waals surface area contributed by atoms with Gasteiger partial charge in [0.25, 0.3) is 5.91 Å². The van der Waals surface area contributed by atoms with Crippen molar-refractivity contribution in [3.8, 4) is 0 Å². The Hall–Kier alpha value is -1.91. The van der Waals surface area contributed by atoms with E-state index in [4.69, 9.17) is 16.3 Å². The zero-order valence-electron chi connectivity index (χ0n) is 16.4. The summed E-state index contributed by atoms with van der Waals surface area (Å²) >= 11 is 7.15. The summed E-state index contributed by atoms with van der Waals surface area (Å²) in [4.78, 5) is 16.8. The summed E-state index contributed by atoms with van der Waals surface area (Å²) in [6, 6.07) is 2.50. The van der Waals surface area contributed by atoms with Crippen LogP contribution in [0.25, 0.3) is 0 Å². The maximum absolute atomic E-state index is 13.4. The smallest absolute Gasteiger partial charge is 0.376 e. The van der Waals surface area contributed by atoms with Crippen LogP contribution in [0, 0.1) is 11.8 Å². The van der Waals surface area contributed by atoms with Crippen LogP contribution in [0.4, 0.5) is 19.0 Å². The largest absolute Gasteiger partial charge is 0.420 e. The first-order chi connectivity index (χ1) is 14.8. The van der Waals surface area contributed by atoms with Gasteiger partial charge in [-0.05, 0) is 36.5 Å². The van der Waals surface area contributed by atoms with Gasteiger partial charge in [-0.25, -0.2) is 0 Å². The second-order valence-electron chi connectivity index (χ2n) is 8.25. The molecule has 1 saturated heterocycles. The lowest BCUT2D eigenvalue weighted by Gasteiger charge is -2.23. The van der Waals surface area contributed by atoms with Crippen molar-refractivity contribution in [2.75, 3.05) is 25.0 Å². The minimum absolute atomic E-state index is 0.00480. The van der Waals surface area contributed by atoms with E-state index in [2.05, 4.69) is 15.5 Å². The van der Waals surface area contributed by atoms with E-state index in [1.807, 2.05) is 11.0 Å². The van der Waals surface area contributed by atoms with E-state index < -0.39 is 11.7 Å². The standard InChI is InChI=1S/C20H20ClF3N4O2S/c21-17-6-13(20(22,23)24)18(27-26-17)25-14-2-1-10-7-28(8-12(10)14)19(29)16-5-11-9-30-4-3-15(11)31-16/h5-6,10,12,14H,1-4,7-9H2,(H,25,27)/t10-,12+,14+/m0/s1. The molecule has 166 valence electrons. The Balaban J connectivity index is 1.30. The summed E-state index contributed by atoms with van der Waals surface area (Å²) in [6.07, 6.45) is -2.18. The Morgan fingerprint density at radius 2 is 2.10 bits per heavy atom. The predicted octanol–water partition coefficient (Wildman–Crippen LogP) is 4.25. The van der Waals surface area contributed by atoms with Crippen LogP contribution < -0.4 is 5.32 Å². The Morgan fingerprint density at radius 3 is 2.87 bits per heavy atom. The Bertz CT molecular complexity index is 991. The lowest BCUT2D eigenvalue weighted by atomic mass is 9.97. The van der Waals surface area contributed by atoms with Gasteiger partial charge in [-0.15, -0.1) is 21.5 Å². The quantitative estimate of drug-likeness (QED) is 0.723. The van der Waals surface area contributed by atoms with Crippen molar-refractivity contribution in [1.82, 2.24) is 15.1 Å². The van der Waals surface area contributed by atoms with Crippen LogP contribution >= 0.6 is 22.9 Å². The highest BCUT2D eigenvalue weighted by Crippen LogP contribution is 2.42. The van der Waals surface area contributed by atoms with E-state index in [0.29, 0.717) is 31.2 Å². The van der Waals surface area contributed by atoms with Gasteiger partial charge in [0.1, 0.15) is 5.56 Å². The molecule has 2 fully saturated rings. The van der Waals surface area contributed by atoms with Crippen molar-refractivity contribution >= 4 is 34.7 Å². The SMILES string of the molecule is O=C(c1cc2c(s1)CCOC2)N1C[C@@H]2CC[C@@H](Nc3nnc(Cl)cc3C(F)(F)F)[C@@H]2C1. The van der Waals surface area contributed by atoms with Crippen LogP contribution in [0.5, 0.6) is 0 Å². The third-order valence-electron chi connectivity index (χ3n) is 6.37. The third-order valence-corrected chi connectivity index (χ3v) is 7.78. The number of halogens is 4. The number of ether oxygens (including phenoxy) is 1. The van der Waals surface area contributed by atoms with Gasteiger partial charge in [0, 0.05) is 36.3 Å². The van der Waals surface area contributed by atoms with E-state index in [9.17, 15) is 18.0 Å². The lowest BCUT2D eigenvalue weighted by Crippen LogP contribution is -2.33. The number of alkyl halides is 3. The molecule has 1 aliphatic carbocycles. The van der Waals surface area contributed by atoms with Crippen molar-refractivity contribution in [2.45, 2.75) is 38.1 Å². The highest BCUT2D eigenvalue weighted by atomic mass is 35.5. The van der Waals surface area contributed by atoms with Crippen LogP contribution in [-0.4, -0.2) is 46.7 Å². The van der Waals surface area contributed by atoms with Gasteiger partial charge in [-0.2, -0.15) is 13.2 Å². The number of nitrogens with one attached hydrogen (secondary N) is 1. The molecular weight excluding hydrogens is 453 g/mol. The van der Waals surface area contributed by atoms with Gasteiger partial charge in [-0.1, -0.05) is 11.6 Å². The van der Waals surface area contributed by atoms with Crippen LogP contribution in [0.2, 0.25) is 5.15 Å². The molecule has 5 rings (SSSR count). The number of hydrogen-bond acceptors (Lipinski definition) is 6. The summed E-state index contributed by atoms with van der Waals surface area (Å²) < 4.78 is 45.6. The molecule has 1 N–H and O–H groups in total. The summed E-state index contributed by atoms with van der Waals surface area (Å²) in [5.74, 6) is 0.0162. The van der Waals surface area contributed by atoms with Crippen molar-refractivity contribution in [2.24, 2.45) is 11.8 Å². The molecule has 0 spiro atoms. The first-order valence-corrected chi connectivity index (χ1v) is 11.3. The molecule has 2 aliphatic heterocycles. The first kappa shape index (κ1) is 21.0. The lowest BCUT2D eigenvalue weighted by molar-refractivity contribution is -0.137. The number of nitrogens with zero attached hydrogens (tertiary/aromatic N) is 3. The molecule has 0 aromatic carbocycles. The van der Waals surface area contributed by atoms with Crippen LogP contribution in [0.3, 0.4) is 0 Å². The molecule has 3 aliphatic rings. The fraction of sp³-hybridized carbons (Fsp3) is 0.550. The number of likely N-dealkylation sites (tertiary alicyclic amines) is 1. The summed E-state index contributed by atoms with van der Waals surface area (Å²) in [5, 5.41) is 9.88. The maximum atomic E-state index is 13.4. The Labute approximate surface area is 185 Å². The molecule has 31 heavy (non-hydrogen) atoms. The van der Waals surface area contributed by atoms with Gasteiger partial charge < -0.3 is 15.0 Å². The fourth-order valence-corrected chi connectivity index (χ4v) is 6.15. The molecule has 0 unspecified atom stereocenters. The summed E-state index contributed by atoms with van der Waals surface area (Å²) in [7, 11) is 0. The summed E-state index contributed by atoms with van der Waals surface area (Å²) in [6.45, 7) is 2.36. The van der Waals surface area contributed by atoms with Gasteiger partial charge in [0.2, 0.25) is 0 Å². The number of hydrogen-bond donors (Lipinski definition) is 1. The molecule has 0 radical (unpaired) electrons. The third kappa shape index (κ3) is 4.01. The second-order valence-corrected chi connectivity index (χ2v) is 9.78. The number of rotatable bonds is 3. The first-order valence-electron chi connectivity index (χ1n) is 10.1. The topological polar surface area (TPSA) is 67.3 Å². The average molecular weight is 473 g/mol. The highest BCUT2D eigenvalue weighted by molar-refractivity contribution is 7.14. The number of carbonyl (C=O) groups excluding carboxylic acids is 1. The van der Waals surface area contributed by atoms with Crippen molar-refractivity contribution in [3.63, 3.8) is 0 Å². The number of anilines is 1. The molecule has 2 aromatic heterocycles. The molecule has 1 saturated carbocycles. The van der Waals surface area contributed by atoms with E-state index in [1.165, 1.54) is 16.2 Å². The number of thiophene rings is 1. The van der Waals surface area contributed by atoms with Crippen molar-refractivity contribution < 1.29 is 22.7 Å². The van der Waals surface area contributed by atoms with E-state index in [0.717, 1.165) is 30.9 Å². The van der Waals surface area contributed by atoms with Gasteiger partial charge >= 0.3 is 6.18 Å². The van der Waals surface area contributed by atoms with Crippen LogP contribution in [-0.2, 0) is 23.9 Å². The van der Waals surface area contributed by atoms with Gasteiger partial charge in [0.15, 0.2) is 11.0 Å². The molecule has 1 amide bonds. The minimum atomic E-state index is -4.58. The average Bonchev–Trinajstić information content (AvgIpc) is 3.43. The maximum Gasteiger partial charge on any atom is 0.420 e. The van der Waals surface area contributed by atoms with Crippen molar-refractivity contribution in [3.05, 3.63) is 38.2 Å². The van der Waals surface area contributed by atoms with Crippen LogP contribution in [0.15, 0.2) is 12.1 Å². The Morgan fingerprint density at radius 1 is 1.26 bits per heavy atom. The number of carbonyl (C=O) groups is 1. The van der Waals surface area contributed by atoms with Crippen LogP contribution in [0.1, 0.15) is 38.5 Å². The fourth-order valence-electron chi connectivity index (χ4n) is 4.89. The van der Waals surface area contributed by atoms with E-state index in [1.54, 1.807) is 0 Å². The number of fused-ring (bicyclic) bond motifs is 2. The molecule has 6 nitrogen and oxygen atoms in total. The number of aromatic nitrogens is 2. The number of amides is 1. The predicted molar refractivity (Wildman–Crippen MR) is 109 cm³/mol. The molecule has 4 heterocycles. The zero-order chi connectivity index (χ0) is 21.8. The second kappa shape index (κ2) is 7.90. The van der Waals surface area contributed by atoms with E-state index >= 15 is 0 Å². The van der Waals surface area contributed by atoms with E-state index in [-0.39, 0.29) is 34.8 Å². The molecule has 2 aromatic rings. The Kier molecular flexibility index (Phi) is 5.34. The minimum Gasteiger partial charge on any atom is -0.376 e. The van der Waals surface area contributed by atoms with Crippen molar-refractivity contribution in [1.29, 1.82) is 0 Å². The molecule has 0 bridgehead atoms. The molecule has 11 heteroatoms. The molecular formula is C20H20ClF3N4O2S. The summed E-state index contributed by atoms with van der Waals surface area (Å²) in [5.41, 5.74) is 0.160. The highest BCUT2D eigenvalue weighted by Gasteiger charge is 2.45. The monoisotopic (exact) mass is 472 g/mol. The zero-order valence-corrected chi connectivity index (χ0v) is 18.0.